The van der Waals surface area contributed by atoms with Crippen molar-refractivity contribution in [1.82, 2.24) is 14.5 Å². The van der Waals surface area contributed by atoms with E-state index in [1.165, 1.54) is 16.3 Å². The van der Waals surface area contributed by atoms with Crippen molar-refractivity contribution >= 4 is 27.8 Å². The molecule has 210 valence electrons. The molecule has 0 bridgehead atoms. The molecule has 39 heavy (non-hydrogen) atoms. The van der Waals surface area contributed by atoms with Crippen LogP contribution in [0.3, 0.4) is 0 Å². The molecule has 0 spiro atoms. The monoisotopic (exact) mass is 555 g/mol. The Kier molecular flexibility index (Phi) is 7.77. The average Bonchev–Trinajstić information content (AvgIpc) is 3.34. The van der Waals surface area contributed by atoms with Gasteiger partial charge in [0.15, 0.2) is 0 Å². The van der Waals surface area contributed by atoms with E-state index >= 15 is 0 Å². The maximum atomic E-state index is 13.7. The van der Waals surface area contributed by atoms with E-state index in [9.17, 15) is 22.8 Å². The summed E-state index contributed by atoms with van der Waals surface area (Å²) in [7, 11) is -2.69. The van der Waals surface area contributed by atoms with Gasteiger partial charge in [-0.15, -0.1) is 0 Å². The maximum absolute atomic E-state index is 13.7. The van der Waals surface area contributed by atoms with Crippen LogP contribution in [0.25, 0.3) is 0 Å². The lowest BCUT2D eigenvalue weighted by Gasteiger charge is -2.30. The van der Waals surface area contributed by atoms with E-state index in [0.717, 1.165) is 11.1 Å². The van der Waals surface area contributed by atoms with Crippen LogP contribution >= 0.6 is 0 Å². The number of likely N-dealkylation sites (tertiary alicyclic amines) is 1. The minimum absolute atomic E-state index is 0.0748. The molecule has 10 heteroatoms. The second-order valence-electron chi connectivity index (χ2n) is 11.4. The van der Waals surface area contributed by atoms with E-state index in [-0.39, 0.29) is 29.9 Å². The van der Waals surface area contributed by atoms with E-state index < -0.39 is 51.2 Å². The molecule has 1 N–H and O–H groups in total. The first kappa shape index (κ1) is 28.9. The molecule has 0 radical (unpaired) electrons. The van der Waals surface area contributed by atoms with Crippen LogP contribution in [-0.4, -0.2) is 67.2 Å². The van der Waals surface area contributed by atoms with E-state index in [1.54, 1.807) is 38.1 Å². The highest BCUT2D eigenvalue weighted by molar-refractivity contribution is 7.89. The number of imide groups is 1. The number of carbonyl (C=O) groups excluding carboxylic acids is 3. The number of benzene rings is 2. The van der Waals surface area contributed by atoms with Crippen molar-refractivity contribution in [3.8, 4) is 0 Å². The summed E-state index contributed by atoms with van der Waals surface area (Å²) < 4.78 is 33.6. The van der Waals surface area contributed by atoms with Gasteiger partial charge in [0.05, 0.1) is 30.4 Å². The molecule has 2 saturated heterocycles. The van der Waals surface area contributed by atoms with Gasteiger partial charge in [-0.1, -0.05) is 70.2 Å². The Bertz CT molecular complexity index is 1350. The van der Waals surface area contributed by atoms with Gasteiger partial charge >= 0.3 is 5.97 Å². The lowest BCUT2D eigenvalue weighted by atomic mass is 9.81. The zero-order chi connectivity index (χ0) is 28.8. The SMILES string of the molecule is CCN(C[C@H]1N[C@@](C)(C(=O)OC)[C@H]2C(=O)N(Cc3ccccc3)C(=O)[C@@H]12)S(=O)(=O)c1ccc(C(C)(C)C)cc1. The van der Waals surface area contributed by atoms with E-state index in [4.69, 9.17) is 4.74 Å². The molecule has 0 unspecified atom stereocenters. The van der Waals surface area contributed by atoms with Crippen LogP contribution in [-0.2, 0) is 41.1 Å². The molecule has 2 amide bonds. The van der Waals surface area contributed by atoms with Gasteiger partial charge in [0.1, 0.15) is 5.54 Å². The van der Waals surface area contributed by atoms with Gasteiger partial charge in [-0.25, -0.2) is 8.42 Å². The Hall–Kier alpha value is -3.08. The predicted molar refractivity (Wildman–Crippen MR) is 146 cm³/mol. The Labute approximate surface area is 230 Å². The minimum atomic E-state index is -3.92. The molecule has 2 fully saturated rings. The first-order valence-electron chi connectivity index (χ1n) is 13.1. The van der Waals surface area contributed by atoms with Crippen molar-refractivity contribution in [1.29, 1.82) is 0 Å². The molecule has 2 heterocycles. The van der Waals surface area contributed by atoms with Crippen LogP contribution in [0.5, 0.6) is 0 Å². The number of nitrogens with zero attached hydrogens (tertiary/aromatic N) is 2. The predicted octanol–water partition coefficient (Wildman–Crippen LogP) is 2.70. The summed E-state index contributed by atoms with van der Waals surface area (Å²) in [4.78, 5) is 41.5. The number of amides is 2. The quantitative estimate of drug-likeness (QED) is 0.394. The van der Waals surface area contributed by atoms with E-state index in [1.807, 2.05) is 30.3 Å². The lowest BCUT2D eigenvalue weighted by molar-refractivity contribution is -0.153. The molecule has 2 aliphatic heterocycles. The largest absolute Gasteiger partial charge is 0.468 e. The summed E-state index contributed by atoms with van der Waals surface area (Å²) in [6, 6.07) is 15.1. The van der Waals surface area contributed by atoms with Gasteiger partial charge in [-0.3, -0.25) is 24.6 Å². The zero-order valence-electron chi connectivity index (χ0n) is 23.3. The fourth-order valence-corrected chi connectivity index (χ4v) is 7.17. The second-order valence-corrected chi connectivity index (χ2v) is 13.4. The van der Waals surface area contributed by atoms with Crippen LogP contribution in [0.1, 0.15) is 45.7 Å². The Morgan fingerprint density at radius 1 is 1.05 bits per heavy atom. The number of hydrogen-bond donors (Lipinski definition) is 1. The van der Waals surface area contributed by atoms with Gasteiger partial charge in [0, 0.05) is 19.1 Å². The Morgan fingerprint density at radius 2 is 1.67 bits per heavy atom. The molecule has 4 atom stereocenters. The minimum Gasteiger partial charge on any atom is -0.468 e. The van der Waals surface area contributed by atoms with Crippen LogP contribution in [0.4, 0.5) is 0 Å². The number of likely N-dealkylation sites (N-methyl/N-ethyl adjacent to an activating group) is 1. The summed E-state index contributed by atoms with van der Waals surface area (Å²) in [5.41, 5.74) is 0.168. The standard InChI is InChI=1S/C29H37N3O6S/c1-7-31(39(36,37)21-15-13-20(14-16-21)28(2,3)4)18-22-23-24(29(5,30-22)27(35)38-6)26(34)32(25(23)33)17-19-11-9-8-10-12-19/h8-16,22-24,30H,7,17-18H2,1-6H3/t22-,23+,24-,29-/m1/s1. The van der Waals surface area contributed by atoms with Crippen molar-refractivity contribution in [2.45, 2.75) is 63.1 Å². The number of sulfonamides is 1. The fourth-order valence-electron chi connectivity index (χ4n) is 5.70. The van der Waals surface area contributed by atoms with Gasteiger partial charge < -0.3 is 4.74 Å². The van der Waals surface area contributed by atoms with Gasteiger partial charge in [-0.2, -0.15) is 4.31 Å². The normalized spacial score (nSPS) is 25.3. The smallest absolute Gasteiger partial charge is 0.326 e. The van der Waals surface area contributed by atoms with Crippen molar-refractivity contribution in [3.05, 3.63) is 65.7 Å². The second kappa shape index (κ2) is 10.5. The Balaban J connectivity index is 1.66. The Morgan fingerprint density at radius 3 is 2.21 bits per heavy atom. The summed E-state index contributed by atoms with van der Waals surface area (Å²) in [6.07, 6.45) is 0. The first-order valence-corrected chi connectivity index (χ1v) is 14.6. The number of ether oxygens (including phenoxy) is 1. The molecular formula is C29H37N3O6S. The third-order valence-electron chi connectivity index (χ3n) is 7.89. The number of fused-ring (bicyclic) bond motifs is 1. The topological polar surface area (TPSA) is 113 Å². The number of hydrogen-bond acceptors (Lipinski definition) is 7. The molecule has 0 saturated carbocycles. The lowest BCUT2D eigenvalue weighted by Crippen LogP contribution is -2.56. The van der Waals surface area contributed by atoms with Crippen LogP contribution in [0.2, 0.25) is 0 Å². The summed E-state index contributed by atoms with van der Waals surface area (Å²) in [5, 5.41) is 3.13. The zero-order valence-corrected chi connectivity index (χ0v) is 24.1. The summed E-state index contributed by atoms with van der Waals surface area (Å²) in [5.74, 6) is -3.51. The number of carbonyl (C=O) groups is 3. The average molecular weight is 556 g/mol. The third-order valence-corrected chi connectivity index (χ3v) is 9.84. The van der Waals surface area contributed by atoms with Crippen molar-refractivity contribution in [2.24, 2.45) is 11.8 Å². The van der Waals surface area contributed by atoms with Gasteiger partial charge in [0.25, 0.3) is 0 Å². The molecular weight excluding hydrogens is 518 g/mol. The maximum Gasteiger partial charge on any atom is 0.326 e. The number of methoxy groups -OCH3 is 1. The highest BCUT2D eigenvalue weighted by Crippen LogP contribution is 2.44. The molecule has 2 aromatic carbocycles. The highest BCUT2D eigenvalue weighted by Gasteiger charge is 2.66. The summed E-state index contributed by atoms with van der Waals surface area (Å²) in [6.45, 7) is 9.55. The summed E-state index contributed by atoms with van der Waals surface area (Å²) >= 11 is 0. The molecule has 4 rings (SSSR count). The van der Waals surface area contributed by atoms with Crippen LogP contribution in [0.15, 0.2) is 59.5 Å². The molecule has 0 aliphatic carbocycles. The van der Waals surface area contributed by atoms with E-state index in [0.29, 0.717) is 0 Å². The van der Waals surface area contributed by atoms with E-state index in [2.05, 4.69) is 26.1 Å². The molecule has 9 nitrogen and oxygen atoms in total. The number of rotatable bonds is 8. The van der Waals surface area contributed by atoms with Crippen molar-refractivity contribution in [2.75, 3.05) is 20.2 Å². The molecule has 2 aromatic rings. The number of esters is 1. The fraction of sp³-hybridized carbons (Fsp3) is 0.483. The first-order chi connectivity index (χ1) is 18.3. The van der Waals surface area contributed by atoms with Crippen molar-refractivity contribution in [3.63, 3.8) is 0 Å². The molecule has 2 aliphatic rings. The van der Waals surface area contributed by atoms with Crippen molar-refractivity contribution < 1.29 is 27.5 Å². The van der Waals surface area contributed by atoms with Crippen LogP contribution in [0, 0.1) is 11.8 Å². The van der Waals surface area contributed by atoms with Gasteiger partial charge in [0.2, 0.25) is 21.8 Å². The molecule has 0 aromatic heterocycles. The van der Waals surface area contributed by atoms with Gasteiger partial charge in [-0.05, 0) is 35.6 Å². The third kappa shape index (κ3) is 5.13. The van der Waals surface area contributed by atoms with Crippen LogP contribution < -0.4 is 5.32 Å². The number of nitrogens with one attached hydrogen (secondary N) is 1. The highest BCUT2D eigenvalue weighted by atomic mass is 32.2.